The summed E-state index contributed by atoms with van der Waals surface area (Å²) in [6.45, 7) is 1.53. The van der Waals surface area contributed by atoms with E-state index in [0.29, 0.717) is 18.4 Å². The highest BCUT2D eigenvalue weighted by Crippen LogP contribution is 2.32. The van der Waals surface area contributed by atoms with Crippen molar-refractivity contribution >= 4 is 5.91 Å². The van der Waals surface area contributed by atoms with Gasteiger partial charge >= 0.3 is 0 Å². The molecule has 0 aromatic carbocycles. The molecule has 6 nitrogen and oxygen atoms in total. The molecule has 120 valence electrons. The molecule has 2 rings (SSSR count). The highest BCUT2D eigenvalue weighted by Gasteiger charge is 2.38. The van der Waals surface area contributed by atoms with Crippen molar-refractivity contribution in [2.45, 2.75) is 51.1 Å². The third-order valence-electron chi connectivity index (χ3n) is 4.70. The molecule has 1 fully saturated rings. The second-order valence-corrected chi connectivity index (χ2v) is 6.08. The number of rotatable bonds is 3. The first-order chi connectivity index (χ1) is 10.9. The third kappa shape index (κ3) is 3.12. The fraction of sp³-hybridized carbons (Fsp3) is 0.529. The molecule has 1 aliphatic carbocycles. The van der Waals surface area contributed by atoms with Crippen molar-refractivity contribution in [2.75, 3.05) is 7.05 Å². The van der Waals surface area contributed by atoms with Crippen LogP contribution in [0.3, 0.4) is 0 Å². The summed E-state index contributed by atoms with van der Waals surface area (Å²) in [5.41, 5.74) is -0.600. The zero-order valence-electron chi connectivity index (χ0n) is 13.5. The van der Waals surface area contributed by atoms with Crippen LogP contribution in [-0.4, -0.2) is 28.0 Å². The summed E-state index contributed by atoms with van der Waals surface area (Å²) in [6.07, 6.45) is 5.77. The number of aromatic nitrogens is 1. The fourth-order valence-corrected chi connectivity index (χ4v) is 3.07. The summed E-state index contributed by atoms with van der Waals surface area (Å²) in [5.74, 6) is -0.289. The van der Waals surface area contributed by atoms with Crippen LogP contribution in [0.5, 0.6) is 0 Å². The molecule has 0 radical (unpaired) electrons. The molecular weight excluding hydrogens is 292 g/mol. The minimum atomic E-state index is -0.776. The predicted octanol–water partition coefficient (Wildman–Crippen LogP) is 1.71. The van der Waals surface area contributed by atoms with Crippen molar-refractivity contribution in [2.24, 2.45) is 0 Å². The molecule has 1 saturated carbocycles. The van der Waals surface area contributed by atoms with Gasteiger partial charge in [0.25, 0.3) is 5.56 Å². The van der Waals surface area contributed by atoms with Crippen LogP contribution in [-0.2, 0) is 11.3 Å². The minimum absolute atomic E-state index is 0.0515. The van der Waals surface area contributed by atoms with E-state index in [-0.39, 0.29) is 18.0 Å². The van der Waals surface area contributed by atoms with Gasteiger partial charge in [-0.1, -0.05) is 19.3 Å². The minimum Gasteiger partial charge on any atom is -0.325 e. The Kier molecular flexibility index (Phi) is 4.86. The second-order valence-electron chi connectivity index (χ2n) is 6.08. The van der Waals surface area contributed by atoms with Gasteiger partial charge in [-0.15, -0.1) is 0 Å². The van der Waals surface area contributed by atoms with Gasteiger partial charge < -0.3 is 9.47 Å². The topological polar surface area (TPSA) is 89.9 Å². The summed E-state index contributed by atoms with van der Waals surface area (Å²) in [5, 5.41) is 18.6. The van der Waals surface area contributed by atoms with E-state index in [1.54, 1.807) is 20.0 Å². The van der Waals surface area contributed by atoms with E-state index >= 15 is 0 Å². The van der Waals surface area contributed by atoms with E-state index in [2.05, 4.69) is 6.07 Å². The van der Waals surface area contributed by atoms with Gasteiger partial charge in [0.15, 0.2) is 0 Å². The van der Waals surface area contributed by atoms with E-state index in [1.165, 1.54) is 15.7 Å². The van der Waals surface area contributed by atoms with Gasteiger partial charge in [0.1, 0.15) is 23.7 Å². The first kappa shape index (κ1) is 16.8. The molecular formula is C17H20N4O2. The molecule has 23 heavy (non-hydrogen) atoms. The van der Waals surface area contributed by atoms with E-state index in [4.69, 9.17) is 5.26 Å². The van der Waals surface area contributed by atoms with Crippen molar-refractivity contribution in [3.63, 3.8) is 0 Å². The first-order valence-corrected chi connectivity index (χ1v) is 7.73. The number of carbonyl (C=O) groups is 1. The Bertz CT molecular complexity index is 745. The number of aryl methyl sites for hydroxylation is 1. The van der Waals surface area contributed by atoms with Crippen LogP contribution in [0.2, 0.25) is 0 Å². The molecule has 0 atom stereocenters. The van der Waals surface area contributed by atoms with Gasteiger partial charge in [0.05, 0.1) is 6.07 Å². The number of carbonyl (C=O) groups excluding carboxylic acids is 1. The average molecular weight is 312 g/mol. The maximum Gasteiger partial charge on any atom is 0.269 e. The zero-order valence-corrected chi connectivity index (χ0v) is 13.5. The molecule has 0 spiro atoms. The number of nitrogens with zero attached hydrogens (tertiary/aromatic N) is 4. The Hall–Kier alpha value is -2.60. The van der Waals surface area contributed by atoms with Crippen LogP contribution >= 0.6 is 0 Å². The molecule has 1 heterocycles. The van der Waals surface area contributed by atoms with Gasteiger partial charge in [-0.05, 0) is 31.4 Å². The van der Waals surface area contributed by atoms with Crippen LogP contribution in [0.1, 0.15) is 43.2 Å². The van der Waals surface area contributed by atoms with E-state index in [0.717, 1.165) is 19.3 Å². The van der Waals surface area contributed by atoms with Crippen molar-refractivity contribution in [3.05, 3.63) is 33.7 Å². The smallest absolute Gasteiger partial charge is 0.269 e. The summed E-state index contributed by atoms with van der Waals surface area (Å²) >= 11 is 0. The Balaban J connectivity index is 2.24. The first-order valence-electron chi connectivity index (χ1n) is 7.73. The van der Waals surface area contributed by atoms with Gasteiger partial charge in [0.2, 0.25) is 5.91 Å². The zero-order chi connectivity index (χ0) is 17.0. The SMILES string of the molecule is Cc1ccn(CC(=O)N(C)C2(C#N)CCCCC2)c(=O)c1C#N. The average Bonchev–Trinajstić information content (AvgIpc) is 2.57. The Morgan fingerprint density at radius 1 is 1.35 bits per heavy atom. The fourth-order valence-electron chi connectivity index (χ4n) is 3.07. The van der Waals surface area contributed by atoms with Gasteiger partial charge in [-0.25, -0.2) is 0 Å². The van der Waals surface area contributed by atoms with E-state index in [9.17, 15) is 14.9 Å². The number of amides is 1. The number of nitriles is 2. The molecule has 0 N–H and O–H groups in total. The van der Waals surface area contributed by atoms with Crippen LogP contribution in [0.25, 0.3) is 0 Å². The number of likely N-dealkylation sites (N-methyl/N-ethyl adjacent to an activating group) is 1. The van der Waals surface area contributed by atoms with Gasteiger partial charge in [-0.3, -0.25) is 9.59 Å². The molecule has 1 aromatic heterocycles. The van der Waals surface area contributed by atoms with Crippen molar-refractivity contribution in [1.29, 1.82) is 10.5 Å². The molecule has 0 aliphatic heterocycles. The molecule has 6 heteroatoms. The summed E-state index contributed by atoms with van der Waals surface area (Å²) in [7, 11) is 1.63. The van der Waals surface area contributed by atoms with Crippen LogP contribution in [0.15, 0.2) is 17.1 Å². The largest absolute Gasteiger partial charge is 0.325 e. The molecule has 0 bridgehead atoms. The Morgan fingerprint density at radius 3 is 2.57 bits per heavy atom. The Labute approximate surface area is 135 Å². The third-order valence-corrected chi connectivity index (χ3v) is 4.70. The highest BCUT2D eigenvalue weighted by atomic mass is 16.2. The molecule has 0 saturated heterocycles. The highest BCUT2D eigenvalue weighted by molar-refractivity contribution is 5.77. The molecule has 1 aromatic rings. The number of hydrogen-bond donors (Lipinski definition) is 0. The summed E-state index contributed by atoms with van der Waals surface area (Å²) in [4.78, 5) is 26.2. The number of hydrogen-bond acceptors (Lipinski definition) is 4. The lowest BCUT2D eigenvalue weighted by Crippen LogP contribution is -2.51. The maximum atomic E-state index is 12.5. The number of pyridine rings is 1. The normalized spacial score (nSPS) is 16.2. The summed E-state index contributed by atoms with van der Waals surface area (Å²) in [6, 6.07) is 5.82. The van der Waals surface area contributed by atoms with E-state index < -0.39 is 11.1 Å². The van der Waals surface area contributed by atoms with Crippen LogP contribution in [0, 0.1) is 29.6 Å². The predicted molar refractivity (Wildman–Crippen MR) is 84.4 cm³/mol. The van der Waals surface area contributed by atoms with Crippen LogP contribution in [0.4, 0.5) is 0 Å². The van der Waals surface area contributed by atoms with Crippen molar-refractivity contribution in [3.8, 4) is 12.1 Å². The lowest BCUT2D eigenvalue weighted by molar-refractivity contribution is -0.135. The lowest BCUT2D eigenvalue weighted by atomic mass is 9.81. The standard InChI is InChI=1S/C17H20N4O2/c1-13-6-9-21(16(23)14(13)10-18)11-15(22)20(2)17(12-19)7-4-3-5-8-17/h6,9H,3-5,7-8,11H2,1-2H3. The van der Waals surface area contributed by atoms with E-state index in [1.807, 2.05) is 6.07 Å². The lowest BCUT2D eigenvalue weighted by Gasteiger charge is -2.39. The van der Waals surface area contributed by atoms with Gasteiger partial charge in [-0.2, -0.15) is 10.5 Å². The summed E-state index contributed by atoms with van der Waals surface area (Å²) < 4.78 is 1.23. The van der Waals surface area contributed by atoms with Crippen molar-refractivity contribution in [1.82, 2.24) is 9.47 Å². The molecule has 1 aliphatic rings. The monoisotopic (exact) mass is 312 g/mol. The van der Waals surface area contributed by atoms with Gasteiger partial charge in [0, 0.05) is 13.2 Å². The Morgan fingerprint density at radius 2 is 2.00 bits per heavy atom. The van der Waals surface area contributed by atoms with Crippen molar-refractivity contribution < 1.29 is 4.79 Å². The second kappa shape index (κ2) is 6.66. The maximum absolute atomic E-state index is 12.5. The quantitative estimate of drug-likeness (QED) is 0.849. The van der Waals surface area contributed by atoms with Crippen LogP contribution < -0.4 is 5.56 Å². The molecule has 1 amide bonds. The molecule has 0 unspecified atom stereocenters.